The van der Waals surface area contributed by atoms with Gasteiger partial charge < -0.3 is 4.90 Å². The van der Waals surface area contributed by atoms with Gasteiger partial charge in [0.05, 0.1) is 0 Å². The van der Waals surface area contributed by atoms with E-state index in [2.05, 4.69) is 38.9 Å². The standard InChI is InChI=1S/C11H23N/c1-11(2)9-7-5-6-8-10-12(3)4/h9H,5-8,10H2,1-4H3. The van der Waals surface area contributed by atoms with Crippen LogP contribution in [0.15, 0.2) is 11.6 Å². The molecule has 0 aromatic rings. The summed E-state index contributed by atoms with van der Waals surface area (Å²) in [5, 5.41) is 0. The molecule has 72 valence electrons. The molecule has 0 aliphatic rings. The summed E-state index contributed by atoms with van der Waals surface area (Å²) in [5.74, 6) is 0. The van der Waals surface area contributed by atoms with E-state index in [4.69, 9.17) is 0 Å². The lowest BCUT2D eigenvalue weighted by atomic mass is 10.1. The van der Waals surface area contributed by atoms with Crippen LogP contribution in [-0.2, 0) is 0 Å². The summed E-state index contributed by atoms with van der Waals surface area (Å²) < 4.78 is 0. The quantitative estimate of drug-likeness (QED) is 0.436. The van der Waals surface area contributed by atoms with E-state index < -0.39 is 0 Å². The van der Waals surface area contributed by atoms with Gasteiger partial charge in [-0.05, 0) is 53.8 Å². The van der Waals surface area contributed by atoms with Crippen molar-refractivity contribution in [3.63, 3.8) is 0 Å². The molecule has 0 aliphatic carbocycles. The molecule has 1 heteroatoms. The van der Waals surface area contributed by atoms with Crippen LogP contribution in [0.25, 0.3) is 0 Å². The van der Waals surface area contributed by atoms with Gasteiger partial charge in [0.2, 0.25) is 0 Å². The fourth-order valence-electron chi connectivity index (χ4n) is 1.14. The highest BCUT2D eigenvalue weighted by Gasteiger charge is 1.90. The number of allylic oxidation sites excluding steroid dienone is 2. The first kappa shape index (κ1) is 11.7. The minimum absolute atomic E-state index is 1.23. The molecule has 0 N–H and O–H groups in total. The third-order valence-corrected chi connectivity index (χ3v) is 1.86. The minimum Gasteiger partial charge on any atom is -0.309 e. The van der Waals surface area contributed by atoms with Crippen LogP contribution in [0.5, 0.6) is 0 Å². The van der Waals surface area contributed by atoms with E-state index in [0.717, 1.165) is 0 Å². The molecular weight excluding hydrogens is 146 g/mol. The number of unbranched alkanes of at least 4 members (excludes halogenated alkanes) is 3. The third kappa shape index (κ3) is 9.70. The highest BCUT2D eigenvalue weighted by atomic mass is 15.0. The highest BCUT2D eigenvalue weighted by Crippen LogP contribution is 2.03. The number of rotatable bonds is 6. The van der Waals surface area contributed by atoms with Gasteiger partial charge in [0.15, 0.2) is 0 Å². The SMILES string of the molecule is CC(C)=CCCCCCN(C)C. The average molecular weight is 169 g/mol. The maximum absolute atomic E-state index is 2.33. The van der Waals surface area contributed by atoms with Crippen molar-refractivity contribution in [3.8, 4) is 0 Å². The normalized spacial score (nSPS) is 10.4. The number of nitrogens with zero attached hydrogens (tertiary/aromatic N) is 1. The van der Waals surface area contributed by atoms with Crippen LogP contribution in [0.1, 0.15) is 39.5 Å². The predicted molar refractivity (Wildman–Crippen MR) is 56.5 cm³/mol. The summed E-state index contributed by atoms with van der Waals surface area (Å²) in [6.07, 6.45) is 7.63. The predicted octanol–water partition coefficient (Wildman–Crippen LogP) is 3.07. The minimum atomic E-state index is 1.23. The van der Waals surface area contributed by atoms with Crippen LogP contribution in [0.4, 0.5) is 0 Å². The fourth-order valence-corrected chi connectivity index (χ4v) is 1.14. The largest absolute Gasteiger partial charge is 0.309 e. The second-order valence-electron chi connectivity index (χ2n) is 3.93. The van der Waals surface area contributed by atoms with E-state index in [1.54, 1.807) is 0 Å². The van der Waals surface area contributed by atoms with Crippen LogP contribution in [0, 0.1) is 0 Å². The maximum Gasteiger partial charge on any atom is -0.00248 e. The molecule has 1 nitrogen and oxygen atoms in total. The Morgan fingerprint density at radius 2 is 1.75 bits per heavy atom. The van der Waals surface area contributed by atoms with E-state index in [-0.39, 0.29) is 0 Å². The molecule has 0 saturated heterocycles. The van der Waals surface area contributed by atoms with Crippen molar-refractivity contribution < 1.29 is 0 Å². The van der Waals surface area contributed by atoms with Crippen LogP contribution in [0.3, 0.4) is 0 Å². The van der Waals surface area contributed by atoms with Gasteiger partial charge in [0, 0.05) is 0 Å². The Balaban J connectivity index is 3.06. The second kappa shape index (κ2) is 7.35. The molecule has 0 unspecified atom stereocenters. The van der Waals surface area contributed by atoms with E-state index in [1.165, 1.54) is 37.8 Å². The Kier molecular flexibility index (Phi) is 7.17. The van der Waals surface area contributed by atoms with Crippen molar-refractivity contribution in [1.29, 1.82) is 0 Å². The molecule has 0 amide bonds. The molecule has 0 aromatic heterocycles. The fraction of sp³-hybridized carbons (Fsp3) is 0.818. The van der Waals surface area contributed by atoms with E-state index >= 15 is 0 Å². The van der Waals surface area contributed by atoms with Gasteiger partial charge in [-0.1, -0.05) is 18.1 Å². The zero-order valence-electron chi connectivity index (χ0n) is 9.06. The Labute approximate surface area is 77.5 Å². The molecule has 0 radical (unpaired) electrons. The summed E-state index contributed by atoms with van der Waals surface area (Å²) in [7, 11) is 4.27. The molecule has 0 rings (SSSR count). The molecular formula is C11H23N. The van der Waals surface area contributed by atoms with Crippen LogP contribution < -0.4 is 0 Å². The van der Waals surface area contributed by atoms with Gasteiger partial charge >= 0.3 is 0 Å². The first-order chi connectivity index (χ1) is 5.63. The van der Waals surface area contributed by atoms with Crippen molar-refractivity contribution in [2.75, 3.05) is 20.6 Å². The first-order valence-electron chi connectivity index (χ1n) is 4.91. The van der Waals surface area contributed by atoms with Crippen LogP contribution >= 0.6 is 0 Å². The Bertz CT molecular complexity index is 121. The van der Waals surface area contributed by atoms with E-state index in [0.29, 0.717) is 0 Å². The number of hydrogen-bond acceptors (Lipinski definition) is 1. The maximum atomic E-state index is 2.33. The lowest BCUT2D eigenvalue weighted by Crippen LogP contribution is -2.12. The summed E-state index contributed by atoms with van der Waals surface area (Å²) in [6.45, 7) is 5.56. The van der Waals surface area contributed by atoms with Gasteiger partial charge in [0.1, 0.15) is 0 Å². The summed E-state index contributed by atoms with van der Waals surface area (Å²) in [4.78, 5) is 2.25. The van der Waals surface area contributed by atoms with Gasteiger partial charge in [-0.15, -0.1) is 0 Å². The summed E-state index contributed by atoms with van der Waals surface area (Å²) in [5.41, 5.74) is 1.45. The lowest BCUT2D eigenvalue weighted by molar-refractivity contribution is 0.392. The monoisotopic (exact) mass is 169 g/mol. The molecule has 0 aliphatic heterocycles. The first-order valence-corrected chi connectivity index (χ1v) is 4.91. The second-order valence-corrected chi connectivity index (χ2v) is 3.93. The van der Waals surface area contributed by atoms with E-state index in [1.807, 2.05) is 0 Å². The van der Waals surface area contributed by atoms with Crippen molar-refractivity contribution >= 4 is 0 Å². The Morgan fingerprint density at radius 3 is 2.25 bits per heavy atom. The van der Waals surface area contributed by atoms with Gasteiger partial charge in [-0.25, -0.2) is 0 Å². The average Bonchev–Trinajstić information content (AvgIpc) is 1.95. The summed E-state index contributed by atoms with van der Waals surface area (Å²) >= 11 is 0. The van der Waals surface area contributed by atoms with E-state index in [9.17, 15) is 0 Å². The molecule has 0 aromatic carbocycles. The topological polar surface area (TPSA) is 3.24 Å². The zero-order chi connectivity index (χ0) is 9.40. The Hall–Kier alpha value is -0.300. The molecule has 0 fully saturated rings. The Morgan fingerprint density at radius 1 is 1.08 bits per heavy atom. The molecule has 0 atom stereocenters. The van der Waals surface area contributed by atoms with Gasteiger partial charge in [0.25, 0.3) is 0 Å². The molecule has 0 saturated carbocycles. The molecule has 12 heavy (non-hydrogen) atoms. The third-order valence-electron chi connectivity index (χ3n) is 1.86. The van der Waals surface area contributed by atoms with Crippen molar-refractivity contribution in [2.45, 2.75) is 39.5 Å². The molecule has 0 spiro atoms. The van der Waals surface area contributed by atoms with Crippen LogP contribution in [-0.4, -0.2) is 25.5 Å². The smallest absolute Gasteiger partial charge is 0.00248 e. The van der Waals surface area contributed by atoms with Crippen molar-refractivity contribution in [3.05, 3.63) is 11.6 Å². The van der Waals surface area contributed by atoms with Crippen LogP contribution in [0.2, 0.25) is 0 Å². The zero-order valence-corrected chi connectivity index (χ0v) is 9.06. The van der Waals surface area contributed by atoms with Gasteiger partial charge in [-0.3, -0.25) is 0 Å². The lowest BCUT2D eigenvalue weighted by Gasteiger charge is -2.07. The summed E-state index contributed by atoms with van der Waals surface area (Å²) in [6, 6.07) is 0. The number of hydrogen-bond donors (Lipinski definition) is 0. The highest BCUT2D eigenvalue weighted by molar-refractivity contribution is 4.92. The van der Waals surface area contributed by atoms with Crippen molar-refractivity contribution in [1.82, 2.24) is 4.90 Å². The van der Waals surface area contributed by atoms with Crippen molar-refractivity contribution in [2.24, 2.45) is 0 Å². The molecule has 0 heterocycles. The molecule has 0 bridgehead atoms. The van der Waals surface area contributed by atoms with Gasteiger partial charge in [-0.2, -0.15) is 0 Å².